The zero-order chi connectivity index (χ0) is 12.8. The summed E-state index contributed by atoms with van der Waals surface area (Å²) in [6.45, 7) is 4.20. The second kappa shape index (κ2) is 6.60. The SMILES string of the molecule is CCOC(=O)Cc1cc(C#N)c(I)c(CC)c1. The van der Waals surface area contributed by atoms with Gasteiger partial charge in [-0.1, -0.05) is 13.0 Å². The average Bonchev–Trinajstić information content (AvgIpc) is 2.31. The van der Waals surface area contributed by atoms with Gasteiger partial charge in [-0.05, 0) is 53.1 Å². The van der Waals surface area contributed by atoms with Crippen LogP contribution in [0.3, 0.4) is 0 Å². The average molecular weight is 343 g/mol. The fourth-order valence-corrected chi connectivity index (χ4v) is 2.38. The molecule has 0 N–H and O–H groups in total. The van der Waals surface area contributed by atoms with Crippen LogP contribution in [0.1, 0.15) is 30.5 Å². The third kappa shape index (κ3) is 3.70. The molecule has 0 saturated carbocycles. The first-order valence-corrected chi connectivity index (χ1v) is 6.57. The topological polar surface area (TPSA) is 50.1 Å². The second-order valence-corrected chi connectivity index (χ2v) is 4.64. The highest BCUT2D eigenvalue weighted by molar-refractivity contribution is 14.1. The third-order valence-electron chi connectivity index (χ3n) is 2.36. The normalized spacial score (nSPS) is 9.76. The van der Waals surface area contributed by atoms with Crippen molar-refractivity contribution in [2.24, 2.45) is 0 Å². The highest BCUT2D eigenvalue weighted by atomic mass is 127. The van der Waals surface area contributed by atoms with E-state index in [1.165, 1.54) is 0 Å². The number of carbonyl (C=O) groups is 1. The van der Waals surface area contributed by atoms with E-state index in [9.17, 15) is 4.79 Å². The number of ether oxygens (including phenoxy) is 1. The molecule has 0 amide bonds. The van der Waals surface area contributed by atoms with Gasteiger partial charge in [-0.25, -0.2) is 0 Å². The Bertz CT molecular complexity index is 463. The molecule has 0 aliphatic heterocycles. The quantitative estimate of drug-likeness (QED) is 0.624. The second-order valence-electron chi connectivity index (χ2n) is 3.56. The van der Waals surface area contributed by atoms with Crippen LogP contribution in [0.25, 0.3) is 0 Å². The molecule has 90 valence electrons. The molecule has 0 aromatic heterocycles. The molecule has 0 spiro atoms. The van der Waals surface area contributed by atoms with Crippen LogP contribution in [-0.2, 0) is 22.4 Å². The number of rotatable bonds is 4. The predicted octanol–water partition coefficient (Wildman–Crippen LogP) is 2.83. The number of benzene rings is 1. The molecular formula is C13H14INO2. The zero-order valence-electron chi connectivity index (χ0n) is 9.92. The van der Waals surface area contributed by atoms with Crippen LogP contribution in [-0.4, -0.2) is 12.6 Å². The van der Waals surface area contributed by atoms with Gasteiger partial charge >= 0.3 is 5.97 Å². The van der Waals surface area contributed by atoms with E-state index >= 15 is 0 Å². The van der Waals surface area contributed by atoms with Gasteiger partial charge in [0.15, 0.2) is 0 Å². The molecule has 1 rings (SSSR count). The number of hydrogen-bond acceptors (Lipinski definition) is 3. The van der Waals surface area contributed by atoms with Crippen LogP contribution in [0.5, 0.6) is 0 Å². The molecule has 0 bridgehead atoms. The molecule has 0 fully saturated rings. The van der Waals surface area contributed by atoms with Gasteiger partial charge in [0, 0.05) is 3.57 Å². The van der Waals surface area contributed by atoms with Crippen LogP contribution in [0, 0.1) is 14.9 Å². The maximum absolute atomic E-state index is 11.4. The lowest BCUT2D eigenvalue weighted by atomic mass is 10.0. The molecule has 3 nitrogen and oxygen atoms in total. The molecule has 0 radical (unpaired) electrons. The summed E-state index contributed by atoms with van der Waals surface area (Å²) in [5.74, 6) is -0.250. The van der Waals surface area contributed by atoms with Crippen LogP contribution in [0.4, 0.5) is 0 Å². The number of nitriles is 1. The Labute approximate surface area is 115 Å². The molecule has 4 heteroatoms. The standard InChI is InChI=1S/C13H14INO2/c1-3-10-5-9(7-12(16)17-4-2)6-11(8-15)13(10)14/h5-6H,3-4,7H2,1-2H3. The minimum atomic E-state index is -0.250. The van der Waals surface area contributed by atoms with E-state index in [0.29, 0.717) is 12.2 Å². The molecule has 1 aromatic carbocycles. The van der Waals surface area contributed by atoms with Gasteiger partial charge in [-0.2, -0.15) is 5.26 Å². The molecule has 0 atom stereocenters. The van der Waals surface area contributed by atoms with Gasteiger partial charge in [0.2, 0.25) is 0 Å². The summed E-state index contributed by atoms with van der Waals surface area (Å²) in [4.78, 5) is 11.4. The summed E-state index contributed by atoms with van der Waals surface area (Å²) in [6.07, 6.45) is 1.08. The van der Waals surface area contributed by atoms with Crippen molar-refractivity contribution >= 4 is 28.6 Å². The number of esters is 1. The van der Waals surface area contributed by atoms with Gasteiger partial charge < -0.3 is 4.74 Å². The maximum Gasteiger partial charge on any atom is 0.310 e. The van der Waals surface area contributed by atoms with E-state index in [-0.39, 0.29) is 12.4 Å². The first-order valence-electron chi connectivity index (χ1n) is 5.49. The summed E-state index contributed by atoms with van der Waals surface area (Å²) in [5.41, 5.74) is 2.57. The number of hydrogen-bond donors (Lipinski definition) is 0. The number of carbonyl (C=O) groups excluding carboxylic acids is 1. The van der Waals surface area contributed by atoms with Gasteiger partial charge in [-0.3, -0.25) is 4.79 Å². The molecule has 0 saturated heterocycles. The molecule has 0 aliphatic carbocycles. The van der Waals surface area contributed by atoms with Crippen molar-refractivity contribution in [2.75, 3.05) is 6.61 Å². The van der Waals surface area contributed by atoms with Gasteiger partial charge in [0.05, 0.1) is 18.6 Å². The highest BCUT2D eigenvalue weighted by Gasteiger charge is 2.10. The Kier molecular flexibility index (Phi) is 5.42. The molecule has 1 aromatic rings. The van der Waals surface area contributed by atoms with Crippen LogP contribution in [0.2, 0.25) is 0 Å². The fourth-order valence-electron chi connectivity index (χ4n) is 1.57. The first-order chi connectivity index (χ1) is 8.12. The summed E-state index contributed by atoms with van der Waals surface area (Å²) in [6, 6.07) is 5.89. The lowest BCUT2D eigenvalue weighted by Crippen LogP contribution is -2.08. The predicted molar refractivity (Wildman–Crippen MR) is 73.6 cm³/mol. The van der Waals surface area contributed by atoms with Crippen molar-refractivity contribution in [3.63, 3.8) is 0 Å². The first kappa shape index (κ1) is 14.0. The van der Waals surface area contributed by atoms with Crippen molar-refractivity contribution in [1.82, 2.24) is 0 Å². The number of nitrogens with zero attached hydrogens (tertiary/aromatic N) is 1. The Morgan fingerprint density at radius 3 is 2.71 bits per heavy atom. The maximum atomic E-state index is 11.4. The van der Waals surface area contributed by atoms with Crippen molar-refractivity contribution < 1.29 is 9.53 Å². The number of aryl methyl sites for hydroxylation is 1. The number of halogens is 1. The van der Waals surface area contributed by atoms with Crippen molar-refractivity contribution in [2.45, 2.75) is 26.7 Å². The highest BCUT2D eigenvalue weighted by Crippen LogP contribution is 2.20. The van der Waals surface area contributed by atoms with Crippen molar-refractivity contribution in [3.05, 3.63) is 32.4 Å². The fraction of sp³-hybridized carbons (Fsp3) is 0.385. The summed E-state index contributed by atoms with van der Waals surface area (Å²) in [7, 11) is 0. The van der Waals surface area contributed by atoms with Crippen LogP contribution in [0.15, 0.2) is 12.1 Å². The summed E-state index contributed by atoms with van der Waals surface area (Å²) < 4.78 is 5.87. The van der Waals surface area contributed by atoms with E-state index in [4.69, 9.17) is 10.00 Å². The minimum Gasteiger partial charge on any atom is -0.466 e. The van der Waals surface area contributed by atoms with E-state index in [2.05, 4.69) is 28.7 Å². The summed E-state index contributed by atoms with van der Waals surface area (Å²) >= 11 is 2.17. The third-order valence-corrected chi connectivity index (χ3v) is 3.64. The Balaban J connectivity index is 3.02. The monoisotopic (exact) mass is 343 g/mol. The molecular weight excluding hydrogens is 329 g/mol. The van der Waals surface area contributed by atoms with Crippen molar-refractivity contribution in [3.8, 4) is 6.07 Å². The lowest BCUT2D eigenvalue weighted by molar-refractivity contribution is -0.142. The smallest absolute Gasteiger partial charge is 0.310 e. The van der Waals surface area contributed by atoms with Crippen LogP contribution >= 0.6 is 22.6 Å². The largest absolute Gasteiger partial charge is 0.466 e. The summed E-state index contributed by atoms with van der Waals surface area (Å²) in [5, 5.41) is 9.03. The van der Waals surface area contributed by atoms with Gasteiger partial charge in [-0.15, -0.1) is 0 Å². The molecule has 0 heterocycles. The van der Waals surface area contributed by atoms with E-state index in [1.807, 2.05) is 13.0 Å². The van der Waals surface area contributed by atoms with E-state index < -0.39 is 0 Å². The zero-order valence-corrected chi connectivity index (χ0v) is 12.1. The van der Waals surface area contributed by atoms with Crippen LogP contribution < -0.4 is 0 Å². The Hall–Kier alpha value is -1.09. The lowest BCUT2D eigenvalue weighted by Gasteiger charge is -2.08. The van der Waals surface area contributed by atoms with Crippen molar-refractivity contribution in [1.29, 1.82) is 5.26 Å². The Morgan fingerprint density at radius 1 is 1.47 bits per heavy atom. The molecule has 0 unspecified atom stereocenters. The molecule has 0 aliphatic rings. The molecule has 17 heavy (non-hydrogen) atoms. The van der Waals surface area contributed by atoms with Gasteiger partial charge in [0.1, 0.15) is 6.07 Å². The van der Waals surface area contributed by atoms with Gasteiger partial charge in [0.25, 0.3) is 0 Å². The van der Waals surface area contributed by atoms with E-state index in [1.54, 1.807) is 13.0 Å². The minimum absolute atomic E-state index is 0.229. The van der Waals surface area contributed by atoms with E-state index in [0.717, 1.165) is 21.1 Å². The Morgan fingerprint density at radius 2 is 2.18 bits per heavy atom.